The Balaban J connectivity index is 1.59. The Morgan fingerprint density at radius 2 is 1.85 bits per heavy atom. The van der Waals surface area contributed by atoms with Crippen LogP contribution in [-0.4, -0.2) is 38.6 Å². The molecular weight excluding hydrogens is 344 g/mol. The van der Waals surface area contributed by atoms with Gasteiger partial charge in [0.15, 0.2) is 11.5 Å². The first-order valence-electron chi connectivity index (χ1n) is 8.91. The van der Waals surface area contributed by atoms with Crippen molar-refractivity contribution in [2.24, 2.45) is 0 Å². The van der Waals surface area contributed by atoms with Crippen molar-refractivity contribution in [1.82, 2.24) is 5.32 Å². The van der Waals surface area contributed by atoms with Crippen LogP contribution in [-0.2, 0) is 22.4 Å². The maximum absolute atomic E-state index is 12.6. The van der Waals surface area contributed by atoms with Gasteiger partial charge in [-0.15, -0.1) is 0 Å². The summed E-state index contributed by atoms with van der Waals surface area (Å²) in [7, 11) is 3.11. The van der Waals surface area contributed by atoms with E-state index in [9.17, 15) is 9.59 Å². The van der Waals surface area contributed by atoms with Crippen molar-refractivity contribution in [1.29, 1.82) is 0 Å². The van der Waals surface area contributed by atoms with Crippen molar-refractivity contribution in [3.05, 3.63) is 53.6 Å². The zero-order chi connectivity index (χ0) is 19.4. The Morgan fingerprint density at radius 1 is 1.11 bits per heavy atom. The third kappa shape index (κ3) is 4.05. The minimum atomic E-state index is -0.212. The summed E-state index contributed by atoms with van der Waals surface area (Å²) >= 11 is 0. The second-order valence-corrected chi connectivity index (χ2v) is 6.59. The number of rotatable bonds is 6. The van der Waals surface area contributed by atoms with Gasteiger partial charge in [-0.2, -0.15) is 0 Å². The lowest BCUT2D eigenvalue weighted by Crippen LogP contribution is -2.43. The van der Waals surface area contributed by atoms with Crippen molar-refractivity contribution in [3.63, 3.8) is 0 Å². The number of amides is 2. The van der Waals surface area contributed by atoms with E-state index in [1.54, 1.807) is 31.3 Å². The normalized spacial score (nSPS) is 15.2. The van der Waals surface area contributed by atoms with Gasteiger partial charge >= 0.3 is 0 Å². The molecule has 0 saturated heterocycles. The monoisotopic (exact) mass is 368 g/mol. The Bertz CT molecular complexity index is 850. The van der Waals surface area contributed by atoms with Crippen molar-refractivity contribution in [2.45, 2.75) is 25.8 Å². The van der Waals surface area contributed by atoms with Crippen LogP contribution in [0.2, 0.25) is 0 Å². The fraction of sp³-hybridized carbons (Fsp3) is 0.333. The molecule has 6 heteroatoms. The van der Waals surface area contributed by atoms with Gasteiger partial charge in [0.1, 0.15) is 0 Å². The van der Waals surface area contributed by atoms with Crippen LogP contribution in [0.5, 0.6) is 11.5 Å². The van der Waals surface area contributed by atoms with Gasteiger partial charge in [-0.05, 0) is 42.7 Å². The topological polar surface area (TPSA) is 67.9 Å². The molecule has 6 nitrogen and oxygen atoms in total. The fourth-order valence-corrected chi connectivity index (χ4v) is 3.44. The summed E-state index contributed by atoms with van der Waals surface area (Å²) in [5.41, 5.74) is 2.89. The van der Waals surface area contributed by atoms with Gasteiger partial charge in [0.2, 0.25) is 11.8 Å². The van der Waals surface area contributed by atoms with E-state index in [1.165, 1.54) is 0 Å². The summed E-state index contributed by atoms with van der Waals surface area (Å²) in [4.78, 5) is 26.7. The summed E-state index contributed by atoms with van der Waals surface area (Å²) < 4.78 is 10.4. The molecule has 2 amide bonds. The molecule has 0 radical (unpaired) electrons. The molecule has 2 aromatic rings. The van der Waals surface area contributed by atoms with Gasteiger partial charge in [0.05, 0.1) is 27.2 Å². The van der Waals surface area contributed by atoms with Crippen molar-refractivity contribution < 1.29 is 19.1 Å². The molecule has 0 spiro atoms. The Morgan fingerprint density at radius 3 is 2.59 bits per heavy atom. The van der Waals surface area contributed by atoms with E-state index in [2.05, 4.69) is 5.32 Å². The van der Waals surface area contributed by atoms with Gasteiger partial charge in [-0.3, -0.25) is 9.59 Å². The second-order valence-electron chi connectivity index (χ2n) is 6.59. The Hall–Kier alpha value is -3.02. The lowest BCUT2D eigenvalue weighted by molar-refractivity contribution is -0.124. The smallest absolute Gasteiger partial charge is 0.246 e. The molecule has 1 atom stereocenters. The third-order valence-electron chi connectivity index (χ3n) is 4.73. The number of para-hydroxylation sites is 1. The predicted octanol–water partition coefficient (Wildman–Crippen LogP) is 2.34. The quantitative estimate of drug-likeness (QED) is 0.850. The van der Waals surface area contributed by atoms with Crippen LogP contribution in [0.3, 0.4) is 0 Å². The van der Waals surface area contributed by atoms with Crippen LogP contribution in [0, 0.1) is 0 Å². The molecule has 0 fully saturated rings. The van der Waals surface area contributed by atoms with E-state index in [4.69, 9.17) is 9.47 Å². The number of anilines is 1. The van der Waals surface area contributed by atoms with Gasteiger partial charge in [-0.25, -0.2) is 0 Å². The number of hydrogen-bond acceptors (Lipinski definition) is 4. The van der Waals surface area contributed by atoms with E-state index >= 15 is 0 Å². The molecule has 1 heterocycles. The first-order valence-corrected chi connectivity index (χ1v) is 8.91. The van der Waals surface area contributed by atoms with E-state index in [-0.39, 0.29) is 30.8 Å². The maximum Gasteiger partial charge on any atom is 0.246 e. The number of nitrogens with zero attached hydrogens (tertiary/aromatic N) is 1. The minimum absolute atomic E-state index is 0.0230. The highest BCUT2D eigenvalue weighted by atomic mass is 16.5. The number of benzene rings is 2. The SMILES string of the molecule is COc1ccc(CC(=O)NCC(=O)N2c3ccccc3CC2C)cc1OC. The summed E-state index contributed by atoms with van der Waals surface area (Å²) in [5, 5.41) is 2.72. The van der Waals surface area contributed by atoms with Gasteiger partial charge < -0.3 is 19.7 Å². The minimum Gasteiger partial charge on any atom is -0.493 e. The number of carbonyl (C=O) groups excluding carboxylic acids is 2. The Kier molecular flexibility index (Phi) is 5.64. The van der Waals surface area contributed by atoms with E-state index in [0.29, 0.717) is 11.5 Å². The number of fused-ring (bicyclic) bond motifs is 1. The maximum atomic E-state index is 12.6. The number of hydrogen-bond donors (Lipinski definition) is 1. The molecule has 2 aromatic carbocycles. The zero-order valence-electron chi connectivity index (χ0n) is 15.8. The first kappa shape index (κ1) is 18.8. The number of methoxy groups -OCH3 is 2. The van der Waals surface area contributed by atoms with E-state index < -0.39 is 0 Å². The van der Waals surface area contributed by atoms with Crippen molar-refractivity contribution >= 4 is 17.5 Å². The van der Waals surface area contributed by atoms with Crippen LogP contribution in [0.1, 0.15) is 18.1 Å². The average Bonchev–Trinajstić information content (AvgIpc) is 3.01. The van der Waals surface area contributed by atoms with Crippen LogP contribution in [0.25, 0.3) is 0 Å². The summed E-state index contributed by atoms with van der Waals surface area (Å²) in [6.45, 7) is 1.99. The van der Waals surface area contributed by atoms with E-state index in [1.807, 2.05) is 37.3 Å². The van der Waals surface area contributed by atoms with Crippen molar-refractivity contribution in [3.8, 4) is 11.5 Å². The molecule has 1 N–H and O–H groups in total. The lowest BCUT2D eigenvalue weighted by atomic mass is 10.1. The molecule has 3 rings (SSSR count). The van der Waals surface area contributed by atoms with Gasteiger partial charge in [-0.1, -0.05) is 24.3 Å². The van der Waals surface area contributed by atoms with Crippen LogP contribution >= 0.6 is 0 Å². The highest BCUT2D eigenvalue weighted by Crippen LogP contribution is 2.31. The molecule has 0 saturated carbocycles. The number of carbonyl (C=O) groups is 2. The summed E-state index contributed by atoms with van der Waals surface area (Å²) in [6, 6.07) is 13.3. The molecule has 0 aromatic heterocycles. The standard InChI is InChI=1S/C21H24N2O4/c1-14-10-16-6-4-5-7-17(16)23(14)21(25)13-22-20(24)12-15-8-9-18(26-2)19(11-15)27-3/h4-9,11,14H,10,12-13H2,1-3H3,(H,22,24). The summed E-state index contributed by atoms with van der Waals surface area (Å²) in [5.74, 6) is 0.865. The predicted molar refractivity (Wildman–Crippen MR) is 103 cm³/mol. The third-order valence-corrected chi connectivity index (χ3v) is 4.73. The van der Waals surface area contributed by atoms with Crippen LogP contribution < -0.4 is 19.7 Å². The van der Waals surface area contributed by atoms with E-state index in [0.717, 1.165) is 23.2 Å². The number of ether oxygens (including phenoxy) is 2. The van der Waals surface area contributed by atoms with Crippen molar-refractivity contribution in [2.75, 3.05) is 25.7 Å². The molecule has 1 unspecified atom stereocenters. The highest BCUT2D eigenvalue weighted by molar-refractivity contribution is 5.99. The molecule has 1 aliphatic rings. The van der Waals surface area contributed by atoms with Gasteiger partial charge in [0.25, 0.3) is 0 Å². The average molecular weight is 368 g/mol. The molecule has 1 aliphatic heterocycles. The summed E-state index contributed by atoms with van der Waals surface area (Å²) in [6.07, 6.45) is 1.00. The second kappa shape index (κ2) is 8.12. The van der Waals surface area contributed by atoms with Gasteiger partial charge in [0, 0.05) is 11.7 Å². The highest BCUT2D eigenvalue weighted by Gasteiger charge is 2.30. The molecule has 0 bridgehead atoms. The molecular formula is C21H24N2O4. The zero-order valence-corrected chi connectivity index (χ0v) is 15.8. The fourth-order valence-electron chi connectivity index (χ4n) is 3.44. The van der Waals surface area contributed by atoms with Crippen LogP contribution in [0.15, 0.2) is 42.5 Å². The molecule has 142 valence electrons. The first-order chi connectivity index (χ1) is 13.0. The van der Waals surface area contributed by atoms with Crippen LogP contribution in [0.4, 0.5) is 5.69 Å². The molecule has 27 heavy (non-hydrogen) atoms. The number of nitrogens with one attached hydrogen (secondary N) is 1. The lowest BCUT2D eigenvalue weighted by Gasteiger charge is -2.23. The largest absolute Gasteiger partial charge is 0.493 e. The molecule has 0 aliphatic carbocycles. The Labute approximate surface area is 159 Å².